The van der Waals surface area contributed by atoms with E-state index in [0.29, 0.717) is 22.1 Å². The molecule has 1 aromatic rings. The molecule has 1 aliphatic heterocycles. The molecule has 0 N–H and O–H groups in total. The van der Waals surface area contributed by atoms with Crippen molar-refractivity contribution in [2.75, 3.05) is 6.79 Å². The van der Waals surface area contributed by atoms with Gasteiger partial charge in [0.1, 0.15) is 11.6 Å². The molecule has 0 unspecified atom stereocenters. The third-order valence-electron chi connectivity index (χ3n) is 2.44. The van der Waals surface area contributed by atoms with Gasteiger partial charge in [0.25, 0.3) is 0 Å². The second kappa shape index (κ2) is 5.85. The van der Waals surface area contributed by atoms with Crippen LogP contribution in [0.15, 0.2) is 17.7 Å². The second-order valence-corrected chi connectivity index (χ2v) is 4.77. The number of fused-ring (bicyclic) bond motifs is 1. The molecule has 0 spiro atoms. The van der Waals surface area contributed by atoms with Crippen LogP contribution in [-0.4, -0.2) is 18.9 Å². The lowest BCUT2D eigenvalue weighted by molar-refractivity contribution is -0.142. The molecule has 0 radical (unpaired) electrons. The summed E-state index contributed by atoms with van der Waals surface area (Å²) < 4.78 is 15.4. The van der Waals surface area contributed by atoms with E-state index in [-0.39, 0.29) is 18.5 Å². The van der Waals surface area contributed by atoms with Crippen LogP contribution < -0.4 is 9.47 Å². The first-order valence-corrected chi connectivity index (χ1v) is 6.31. The minimum atomic E-state index is -0.670. The Hall–Kier alpha value is -2.19. The maximum absolute atomic E-state index is 11.7. The van der Waals surface area contributed by atoms with E-state index in [1.807, 2.05) is 6.07 Å². The van der Waals surface area contributed by atoms with Gasteiger partial charge in [-0.25, -0.2) is 4.79 Å². The van der Waals surface area contributed by atoms with E-state index < -0.39 is 5.97 Å². The molecule has 5 nitrogen and oxygen atoms in total. The van der Waals surface area contributed by atoms with E-state index in [1.54, 1.807) is 26.0 Å². The molecule has 1 aliphatic rings. The molecule has 6 heteroatoms. The molecule has 104 valence electrons. The number of ether oxygens (including phenoxy) is 3. The Morgan fingerprint density at radius 2 is 2.25 bits per heavy atom. The first kappa shape index (κ1) is 14.2. The summed E-state index contributed by atoms with van der Waals surface area (Å²) in [6, 6.07) is 5.05. The molecule has 2 rings (SSSR count). The Morgan fingerprint density at radius 1 is 1.50 bits per heavy atom. The van der Waals surface area contributed by atoms with Gasteiger partial charge in [-0.2, -0.15) is 5.26 Å². The zero-order valence-electron chi connectivity index (χ0n) is 11.0. The standard InChI is InChI=1S/C14H12ClNO4/c1-8(2)20-14(17)10(6-16)3-9-4-11(15)13-12(5-9)18-7-19-13/h3-5,8H,7H2,1-2H3/b10-3+. The van der Waals surface area contributed by atoms with Crippen molar-refractivity contribution in [3.63, 3.8) is 0 Å². The van der Waals surface area contributed by atoms with Crippen LogP contribution in [-0.2, 0) is 9.53 Å². The monoisotopic (exact) mass is 293 g/mol. The molecule has 1 heterocycles. The third kappa shape index (κ3) is 3.03. The van der Waals surface area contributed by atoms with Crippen LogP contribution in [0, 0.1) is 11.3 Å². The van der Waals surface area contributed by atoms with E-state index in [1.165, 1.54) is 6.08 Å². The highest BCUT2D eigenvalue weighted by molar-refractivity contribution is 6.32. The van der Waals surface area contributed by atoms with Gasteiger partial charge in [0.05, 0.1) is 11.1 Å². The van der Waals surface area contributed by atoms with Crippen LogP contribution in [0.5, 0.6) is 11.5 Å². The highest BCUT2D eigenvalue weighted by atomic mass is 35.5. The summed E-state index contributed by atoms with van der Waals surface area (Å²) in [4.78, 5) is 11.7. The number of esters is 1. The lowest BCUT2D eigenvalue weighted by atomic mass is 10.1. The van der Waals surface area contributed by atoms with Gasteiger partial charge < -0.3 is 14.2 Å². The first-order chi connectivity index (χ1) is 9.51. The average Bonchev–Trinajstić information content (AvgIpc) is 2.83. The molecule has 0 atom stereocenters. The van der Waals surface area contributed by atoms with Crippen molar-refractivity contribution in [3.8, 4) is 17.6 Å². The van der Waals surface area contributed by atoms with Gasteiger partial charge >= 0.3 is 5.97 Å². The molecule has 0 aromatic heterocycles. The van der Waals surface area contributed by atoms with E-state index >= 15 is 0 Å². The Morgan fingerprint density at radius 3 is 2.90 bits per heavy atom. The Kier molecular flexibility index (Phi) is 4.16. The van der Waals surface area contributed by atoms with E-state index in [4.69, 9.17) is 31.1 Å². The van der Waals surface area contributed by atoms with Crippen molar-refractivity contribution in [3.05, 3.63) is 28.3 Å². The number of hydrogen-bond acceptors (Lipinski definition) is 5. The molecule has 0 saturated carbocycles. The molecule has 0 amide bonds. The maximum Gasteiger partial charge on any atom is 0.349 e. The van der Waals surface area contributed by atoms with Gasteiger partial charge in [-0.3, -0.25) is 0 Å². The Balaban J connectivity index is 2.32. The number of carbonyl (C=O) groups is 1. The van der Waals surface area contributed by atoms with Crippen molar-refractivity contribution in [2.45, 2.75) is 20.0 Å². The minimum absolute atomic E-state index is 0.0999. The number of rotatable bonds is 3. The lowest BCUT2D eigenvalue weighted by Gasteiger charge is -2.07. The zero-order chi connectivity index (χ0) is 14.7. The summed E-state index contributed by atoms with van der Waals surface area (Å²) in [5.41, 5.74) is 0.463. The number of benzene rings is 1. The Bertz CT molecular complexity index is 616. The number of nitriles is 1. The van der Waals surface area contributed by atoms with Crippen molar-refractivity contribution in [2.24, 2.45) is 0 Å². The molecular weight excluding hydrogens is 282 g/mol. The summed E-state index contributed by atoms with van der Waals surface area (Å²) in [6.07, 6.45) is 1.11. The molecule has 0 saturated heterocycles. The molecule has 1 aromatic carbocycles. The number of nitrogens with zero attached hydrogens (tertiary/aromatic N) is 1. The van der Waals surface area contributed by atoms with Gasteiger partial charge in [-0.15, -0.1) is 0 Å². The quantitative estimate of drug-likeness (QED) is 0.487. The fraction of sp³-hybridized carbons (Fsp3) is 0.286. The highest BCUT2D eigenvalue weighted by Gasteiger charge is 2.19. The third-order valence-corrected chi connectivity index (χ3v) is 2.72. The number of carbonyl (C=O) groups excluding carboxylic acids is 1. The van der Waals surface area contributed by atoms with Crippen molar-refractivity contribution >= 4 is 23.6 Å². The van der Waals surface area contributed by atoms with Crippen LogP contribution in [0.25, 0.3) is 6.08 Å². The van der Waals surface area contributed by atoms with Crippen LogP contribution in [0.4, 0.5) is 0 Å². The highest BCUT2D eigenvalue weighted by Crippen LogP contribution is 2.40. The predicted octanol–water partition coefficient (Wildman–Crippen LogP) is 2.93. The van der Waals surface area contributed by atoms with Crippen molar-refractivity contribution in [1.82, 2.24) is 0 Å². The summed E-state index contributed by atoms with van der Waals surface area (Å²) in [5.74, 6) is 0.279. The van der Waals surface area contributed by atoms with Crippen molar-refractivity contribution in [1.29, 1.82) is 5.26 Å². The minimum Gasteiger partial charge on any atom is -0.459 e. The van der Waals surface area contributed by atoms with Crippen molar-refractivity contribution < 1.29 is 19.0 Å². The fourth-order valence-corrected chi connectivity index (χ4v) is 1.93. The molecule has 20 heavy (non-hydrogen) atoms. The van der Waals surface area contributed by atoms with Gasteiger partial charge in [-0.05, 0) is 37.6 Å². The number of halogens is 1. The lowest BCUT2D eigenvalue weighted by Crippen LogP contribution is -2.12. The van der Waals surface area contributed by atoms with Crippen LogP contribution in [0.3, 0.4) is 0 Å². The van der Waals surface area contributed by atoms with Crippen LogP contribution in [0.1, 0.15) is 19.4 Å². The first-order valence-electron chi connectivity index (χ1n) is 5.93. The maximum atomic E-state index is 11.7. The molecular formula is C14H12ClNO4. The van der Waals surface area contributed by atoms with Gasteiger partial charge in [-0.1, -0.05) is 11.6 Å². The summed E-state index contributed by atoms with van der Waals surface area (Å²) in [7, 11) is 0. The van der Waals surface area contributed by atoms with Crippen LogP contribution in [0.2, 0.25) is 5.02 Å². The Labute approximate surface area is 121 Å². The SMILES string of the molecule is CC(C)OC(=O)/C(C#N)=C/c1cc(Cl)c2c(c1)OCO2. The summed E-state index contributed by atoms with van der Waals surface area (Å²) in [6.45, 7) is 3.53. The zero-order valence-corrected chi connectivity index (χ0v) is 11.7. The van der Waals surface area contributed by atoms with Gasteiger partial charge in [0, 0.05) is 0 Å². The summed E-state index contributed by atoms with van der Waals surface area (Å²) >= 11 is 6.03. The predicted molar refractivity (Wildman–Crippen MR) is 72.4 cm³/mol. The van der Waals surface area contributed by atoms with E-state index in [9.17, 15) is 4.79 Å². The number of hydrogen-bond donors (Lipinski definition) is 0. The van der Waals surface area contributed by atoms with Gasteiger partial charge in [0.2, 0.25) is 6.79 Å². The second-order valence-electron chi connectivity index (χ2n) is 4.36. The fourth-order valence-electron chi connectivity index (χ4n) is 1.65. The van der Waals surface area contributed by atoms with E-state index in [2.05, 4.69) is 0 Å². The molecule has 0 fully saturated rings. The largest absolute Gasteiger partial charge is 0.459 e. The average molecular weight is 294 g/mol. The smallest absolute Gasteiger partial charge is 0.349 e. The van der Waals surface area contributed by atoms with E-state index in [0.717, 1.165) is 0 Å². The molecule has 0 aliphatic carbocycles. The topological polar surface area (TPSA) is 68.6 Å². The normalized spacial score (nSPS) is 13.2. The van der Waals surface area contributed by atoms with Gasteiger partial charge in [0.15, 0.2) is 11.5 Å². The van der Waals surface area contributed by atoms with Crippen LogP contribution >= 0.6 is 11.6 Å². The summed E-state index contributed by atoms with van der Waals surface area (Å²) in [5, 5.41) is 9.39. The molecule has 0 bridgehead atoms.